The van der Waals surface area contributed by atoms with Gasteiger partial charge in [-0.3, -0.25) is 9.32 Å². The molecule has 0 fully saturated rings. The molecule has 0 aliphatic heterocycles. The van der Waals surface area contributed by atoms with E-state index in [0.29, 0.717) is 26.1 Å². The van der Waals surface area contributed by atoms with E-state index >= 15 is 0 Å². The smallest absolute Gasteiger partial charge is 0.470 e. The van der Waals surface area contributed by atoms with E-state index in [-0.39, 0.29) is 19.6 Å². The van der Waals surface area contributed by atoms with Crippen LogP contribution in [0.5, 0.6) is 0 Å². The van der Waals surface area contributed by atoms with Gasteiger partial charge < -0.3 is 24.4 Å². The van der Waals surface area contributed by atoms with Crippen LogP contribution in [-0.2, 0) is 23.4 Å². The van der Waals surface area contributed by atoms with E-state index in [0.717, 1.165) is 12.8 Å². The van der Waals surface area contributed by atoms with E-state index in [1.54, 1.807) is 0 Å². The molecular formula is C24H49O8P. The van der Waals surface area contributed by atoms with Gasteiger partial charge in [-0.25, -0.2) is 4.57 Å². The van der Waals surface area contributed by atoms with Crippen molar-refractivity contribution < 1.29 is 38.3 Å². The minimum absolute atomic E-state index is 0.00305. The molecule has 0 aliphatic rings. The largest absolute Gasteiger partial charge is 0.481 e. The van der Waals surface area contributed by atoms with E-state index < -0.39 is 19.9 Å². The summed E-state index contributed by atoms with van der Waals surface area (Å²) in [5.74, 6) is -0.852. The van der Waals surface area contributed by atoms with Crippen molar-refractivity contribution in [3.05, 3.63) is 0 Å². The molecule has 0 aromatic heterocycles. The van der Waals surface area contributed by atoms with Crippen LogP contribution in [0.3, 0.4) is 0 Å². The molecule has 0 aliphatic carbocycles. The van der Waals surface area contributed by atoms with Crippen molar-refractivity contribution in [2.24, 2.45) is 0 Å². The minimum Gasteiger partial charge on any atom is -0.481 e. The second-order valence-corrected chi connectivity index (χ2v) is 10.0. The molecule has 0 saturated carbocycles. The van der Waals surface area contributed by atoms with E-state index in [1.807, 2.05) is 0 Å². The summed E-state index contributed by atoms with van der Waals surface area (Å²) in [6, 6.07) is 0. The Morgan fingerprint density at radius 2 is 1.09 bits per heavy atom. The molecule has 3 N–H and O–H groups in total. The predicted octanol–water partition coefficient (Wildman–Crippen LogP) is 6.23. The maximum atomic E-state index is 11.1. The molecule has 9 heteroatoms. The summed E-state index contributed by atoms with van der Waals surface area (Å²) in [6.45, 7) is 3.14. The number of carboxylic acid groups (broad SMARTS) is 1. The summed E-state index contributed by atoms with van der Waals surface area (Å²) >= 11 is 0. The molecule has 0 bridgehead atoms. The summed E-state index contributed by atoms with van der Waals surface area (Å²) in [5.41, 5.74) is 0. The molecule has 198 valence electrons. The summed E-state index contributed by atoms with van der Waals surface area (Å²) in [5, 5.41) is 8.59. The van der Waals surface area contributed by atoms with Gasteiger partial charge in [-0.15, -0.1) is 0 Å². The number of phosphoric ester groups is 1. The van der Waals surface area contributed by atoms with Gasteiger partial charge in [0.05, 0.1) is 13.2 Å². The van der Waals surface area contributed by atoms with Gasteiger partial charge in [0, 0.05) is 19.6 Å². The third-order valence-corrected chi connectivity index (χ3v) is 6.04. The standard InChI is InChI=1S/C24H49O8P/c1-2-3-4-5-6-7-8-9-10-11-12-13-14-16-19-30-21-23(32-33(27,28)29)22-31-20-17-15-18-24(25)26/h23H,2-22H2,1H3,(H,25,26)(H2,27,28,29). The van der Waals surface area contributed by atoms with Gasteiger partial charge in [-0.05, 0) is 19.3 Å². The monoisotopic (exact) mass is 496 g/mol. The maximum absolute atomic E-state index is 11.1. The van der Waals surface area contributed by atoms with Gasteiger partial charge in [-0.2, -0.15) is 0 Å². The lowest BCUT2D eigenvalue weighted by Gasteiger charge is -2.18. The maximum Gasteiger partial charge on any atom is 0.470 e. The second-order valence-electron chi connectivity index (χ2n) is 8.81. The van der Waals surface area contributed by atoms with Crippen molar-refractivity contribution >= 4 is 13.8 Å². The highest BCUT2D eigenvalue weighted by Gasteiger charge is 2.22. The fraction of sp³-hybridized carbons (Fsp3) is 0.958. The summed E-state index contributed by atoms with van der Waals surface area (Å²) in [4.78, 5) is 28.5. The number of ether oxygens (including phenoxy) is 2. The van der Waals surface area contributed by atoms with Crippen LogP contribution in [0.25, 0.3) is 0 Å². The molecule has 0 rings (SSSR count). The van der Waals surface area contributed by atoms with E-state index in [9.17, 15) is 9.36 Å². The van der Waals surface area contributed by atoms with E-state index in [2.05, 4.69) is 6.92 Å². The molecule has 0 radical (unpaired) electrons. The highest BCUT2D eigenvalue weighted by molar-refractivity contribution is 7.46. The molecule has 0 aromatic carbocycles. The van der Waals surface area contributed by atoms with Crippen molar-refractivity contribution in [2.75, 3.05) is 26.4 Å². The number of rotatable bonds is 26. The predicted molar refractivity (Wildman–Crippen MR) is 130 cm³/mol. The van der Waals surface area contributed by atoms with Gasteiger partial charge in [0.25, 0.3) is 0 Å². The van der Waals surface area contributed by atoms with Crippen LogP contribution < -0.4 is 0 Å². The first-order chi connectivity index (χ1) is 15.8. The number of hydrogen-bond donors (Lipinski definition) is 3. The molecule has 1 atom stereocenters. The van der Waals surface area contributed by atoms with E-state index in [1.165, 1.54) is 77.0 Å². The zero-order chi connectivity index (χ0) is 24.6. The Morgan fingerprint density at radius 3 is 1.48 bits per heavy atom. The van der Waals surface area contributed by atoms with Crippen LogP contribution in [0.15, 0.2) is 0 Å². The van der Waals surface area contributed by atoms with Gasteiger partial charge in [-0.1, -0.05) is 90.4 Å². The van der Waals surface area contributed by atoms with Crippen molar-refractivity contribution in [2.45, 2.75) is 122 Å². The summed E-state index contributed by atoms with van der Waals surface area (Å²) in [7, 11) is -4.63. The number of phosphoric acid groups is 1. The first-order valence-corrected chi connectivity index (χ1v) is 14.5. The molecular weight excluding hydrogens is 447 g/mol. The molecule has 0 spiro atoms. The van der Waals surface area contributed by atoms with Crippen molar-refractivity contribution in [3.63, 3.8) is 0 Å². The minimum atomic E-state index is -4.63. The molecule has 0 amide bonds. The molecule has 0 heterocycles. The number of hydrogen-bond acceptors (Lipinski definition) is 5. The molecule has 0 saturated heterocycles. The molecule has 1 unspecified atom stereocenters. The Balaban J connectivity index is 3.59. The zero-order valence-electron chi connectivity index (χ0n) is 20.8. The lowest BCUT2D eigenvalue weighted by molar-refractivity contribution is -0.137. The normalized spacial score (nSPS) is 12.8. The first-order valence-electron chi connectivity index (χ1n) is 13.0. The average Bonchev–Trinajstić information content (AvgIpc) is 2.74. The highest BCUT2D eigenvalue weighted by Crippen LogP contribution is 2.37. The summed E-state index contributed by atoms with van der Waals surface area (Å²) < 4.78 is 26.7. The van der Waals surface area contributed by atoms with Crippen molar-refractivity contribution in [1.29, 1.82) is 0 Å². The van der Waals surface area contributed by atoms with Gasteiger partial charge >= 0.3 is 13.8 Å². The first kappa shape index (κ1) is 32.5. The number of unbranched alkanes of at least 4 members (excludes halogenated alkanes) is 14. The Bertz CT molecular complexity index is 483. The number of carbonyl (C=O) groups is 1. The third-order valence-electron chi connectivity index (χ3n) is 5.47. The highest BCUT2D eigenvalue weighted by atomic mass is 31.2. The van der Waals surface area contributed by atoms with Gasteiger partial charge in [0.2, 0.25) is 0 Å². The quantitative estimate of drug-likeness (QED) is 0.0951. The average molecular weight is 497 g/mol. The van der Waals surface area contributed by atoms with Crippen LogP contribution in [0, 0.1) is 0 Å². The third kappa shape index (κ3) is 27.6. The van der Waals surface area contributed by atoms with Crippen LogP contribution in [-0.4, -0.2) is 53.4 Å². The Morgan fingerprint density at radius 1 is 0.697 bits per heavy atom. The van der Waals surface area contributed by atoms with Gasteiger partial charge in [0.1, 0.15) is 6.10 Å². The van der Waals surface area contributed by atoms with Crippen LogP contribution in [0.1, 0.15) is 116 Å². The number of carboxylic acids is 1. The van der Waals surface area contributed by atoms with Gasteiger partial charge in [0.15, 0.2) is 0 Å². The van der Waals surface area contributed by atoms with Crippen LogP contribution in [0.2, 0.25) is 0 Å². The fourth-order valence-corrected chi connectivity index (χ4v) is 4.12. The van der Waals surface area contributed by atoms with Crippen molar-refractivity contribution in [3.8, 4) is 0 Å². The van der Waals surface area contributed by atoms with Crippen LogP contribution in [0.4, 0.5) is 0 Å². The SMILES string of the molecule is CCCCCCCCCCCCCCCCOCC(COCCCCC(=O)O)OP(=O)(O)O. The Hall–Kier alpha value is -0.500. The topological polar surface area (TPSA) is 123 Å². The Labute approximate surface area is 201 Å². The fourth-order valence-electron chi connectivity index (χ4n) is 3.61. The lowest BCUT2D eigenvalue weighted by Crippen LogP contribution is -2.25. The molecule has 0 aromatic rings. The van der Waals surface area contributed by atoms with Crippen molar-refractivity contribution in [1.82, 2.24) is 0 Å². The zero-order valence-corrected chi connectivity index (χ0v) is 21.7. The molecule has 8 nitrogen and oxygen atoms in total. The second kappa shape index (κ2) is 23.3. The molecule has 33 heavy (non-hydrogen) atoms. The van der Waals surface area contributed by atoms with Crippen LogP contribution >= 0.6 is 7.82 Å². The van der Waals surface area contributed by atoms with E-state index in [4.69, 9.17) is 28.9 Å². The Kier molecular flexibility index (Phi) is 22.9. The lowest BCUT2D eigenvalue weighted by atomic mass is 10.0. The number of aliphatic carboxylic acids is 1. The summed E-state index contributed by atoms with van der Waals surface area (Å²) in [6.07, 6.45) is 18.3.